The van der Waals surface area contributed by atoms with Gasteiger partial charge in [0.2, 0.25) is 0 Å². The van der Waals surface area contributed by atoms with Crippen molar-refractivity contribution in [3.05, 3.63) is 0 Å². The van der Waals surface area contributed by atoms with Crippen LogP contribution < -0.4 is 5.73 Å². The fourth-order valence-corrected chi connectivity index (χ4v) is 1.69. The maximum Gasteiger partial charge on any atom is 0.131 e. The molecule has 4 heteroatoms. The molecule has 14 heavy (non-hydrogen) atoms. The first-order chi connectivity index (χ1) is 6.27. The Morgan fingerprint density at radius 3 is 2.14 bits per heavy atom. The van der Waals surface area contributed by atoms with Gasteiger partial charge in [-0.1, -0.05) is 13.8 Å². The first-order valence-corrected chi connectivity index (χ1v) is 5.03. The summed E-state index contributed by atoms with van der Waals surface area (Å²) in [4.78, 5) is 0. The van der Waals surface area contributed by atoms with Crippen molar-refractivity contribution in [1.82, 2.24) is 0 Å². The van der Waals surface area contributed by atoms with Gasteiger partial charge in [0.15, 0.2) is 0 Å². The van der Waals surface area contributed by atoms with Crippen LogP contribution in [-0.2, 0) is 4.74 Å². The molecular weight excluding hydrogens is 182 g/mol. The van der Waals surface area contributed by atoms with Gasteiger partial charge in [-0.05, 0) is 25.2 Å². The number of ether oxygens (including phenoxy) is 1. The number of nitrogens with two attached hydrogens (primary N) is 1. The Labute approximate surface area is 85.1 Å². The van der Waals surface area contributed by atoms with Crippen molar-refractivity contribution in [3.8, 4) is 0 Å². The van der Waals surface area contributed by atoms with Crippen LogP contribution in [0.15, 0.2) is 0 Å². The van der Waals surface area contributed by atoms with Crippen LogP contribution in [0.1, 0.15) is 33.6 Å². The lowest BCUT2D eigenvalue weighted by Crippen LogP contribution is -2.55. The molecule has 4 N–H and O–H groups in total. The summed E-state index contributed by atoms with van der Waals surface area (Å²) < 4.78 is 5.61. The highest BCUT2D eigenvalue weighted by Gasteiger charge is 2.42. The molecule has 1 heterocycles. The van der Waals surface area contributed by atoms with E-state index >= 15 is 0 Å². The number of aliphatic hydroxyl groups is 2. The van der Waals surface area contributed by atoms with Gasteiger partial charge in [0, 0.05) is 0 Å². The van der Waals surface area contributed by atoms with Crippen LogP contribution in [0.4, 0.5) is 0 Å². The predicted octanol–water partition coefficient (Wildman–Crippen LogP) is 0.220. The maximum atomic E-state index is 9.68. The molecular formula is C10H21NO3. The van der Waals surface area contributed by atoms with Gasteiger partial charge < -0.3 is 20.7 Å². The standard InChI is InChI=1S/C10H21NO3/c1-9(2)4-5-10(3,14-6-9)7(12)8(11)13/h7-8,12-13H,4-6,11H2,1-3H3. The van der Waals surface area contributed by atoms with Crippen LogP contribution in [-0.4, -0.2) is 34.8 Å². The van der Waals surface area contributed by atoms with Crippen molar-refractivity contribution in [1.29, 1.82) is 0 Å². The zero-order chi connectivity index (χ0) is 11.0. The molecule has 0 amide bonds. The molecule has 1 saturated heterocycles. The van der Waals surface area contributed by atoms with E-state index in [1.165, 1.54) is 0 Å². The van der Waals surface area contributed by atoms with Gasteiger partial charge in [-0.2, -0.15) is 0 Å². The van der Waals surface area contributed by atoms with Crippen molar-refractivity contribution < 1.29 is 14.9 Å². The molecule has 1 aliphatic rings. The van der Waals surface area contributed by atoms with E-state index in [2.05, 4.69) is 13.8 Å². The summed E-state index contributed by atoms with van der Waals surface area (Å²) >= 11 is 0. The molecule has 1 aliphatic heterocycles. The third-order valence-electron chi connectivity index (χ3n) is 3.04. The summed E-state index contributed by atoms with van der Waals surface area (Å²) in [5.74, 6) is 0. The smallest absolute Gasteiger partial charge is 0.131 e. The zero-order valence-corrected chi connectivity index (χ0v) is 9.16. The van der Waals surface area contributed by atoms with Crippen molar-refractivity contribution >= 4 is 0 Å². The normalized spacial score (nSPS) is 36.4. The first-order valence-electron chi connectivity index (χ1n) is 5.03. The van der Waals surface area contributed by atoms with E-state index in [0.717, 1.165) is 12.8 Å². The topological polar surface area (TPSA) is 75.7 Å². The molecule has 0 aliphatic carbocycles. The quantitative estimate of drug-likeness (QED) is 0.561. The van der Waals surface area contributed by atoms with E-state index < -0.39 is 17.9 Å². The second-order valence-corrected chi connectivity index (χ2v) is 5.20. The third kappa shape index (κ3) is 2.45. The van der Waals surface area contributed by atoms with Gasteiger partial charge in [0.25, 0.3) is 0 Å². The monoisotopic (exact) mass is 203 g/mol. The summed E-state index contributed by atoms with van der Waals surface area (Å²) in [6, 6.07) is 0. The largest absolute Gasteiger partial charge is 0.386 e. The summed E-state index contributed by atoms with van der Waals surface area (Å²) in [5, 5.41) is 18.8. The Kier molecular flexibility index (Phi) is 3.21. The second-order valence-electron chi connectivity index (χ2n) is 5.20. The number of aliphatic hydroxyl groups excluding tert-OH is 2. The summed E-state index contributed by atoms with van der Waals surface area (Å²) in [6.45, 7) is 6.63. The molecule has 0 aromatic rings. The van der Waals surface area contributed by atoms with Gasteiger partial charge in [-0.15, -0.1) is 0 Å². The van der Waals surface area contributed by atoms with Crippen LogP contribution in [0, 0.1) is 5.41 Å². The van der Waals surface area contributed by atoms with E-state index in [0.29, 0.717) is 6.61 Å². The van der Waals surface area contributed by atoms with Crippen LogP contribution in [0.5, 0.6) is 0 Å². The van der Waals surface area contributed by atoms with E-state index in [1.807, 2.05) is 0 Å². The average Bonchev–Trinajstić information content (AvgIpc) is 2.09. The molecule has 3 atom stereocenters. The molecule has 0 bridgehead atoms. The van der Waals surface area contributed by atoms with Crippen molar-refractivity contribution in [2.45, 2.75) is 51.5 Å². The minimum absolute atomic E-state index is 0.152. The van der Waals surface area contributed by atoms with Crippen LogP contribution >= 0.6 is 0 Å². The molecule has 0 saturated carbocycles. The van der Waals surface area contributed by atoms with Crippen LogP contribution in [0.2, 0.25) is 0 Å². The summed E-state index contributed by atoms with van der Waals surface area (Å²) in [6.07, 6.45) is -0.567. The molecule has 4 nitrogen and oxygen atoms in total. The maximum absolute atomic E-state index is 9.68. The lowest BCUT2D eigenvalue weighted by molar-refractivity contribution is -0.190. The average molecular weight is 203 g/mol. The van der Waals surface area contributed by atoms with Gasteiger partial charge >= 0.3 is 0 Å². The van der Waals surface area contributed by atoms with Gasteiger partial charge in [0.05, 0.1) is 12.2 Å². The molecule has 0 radical (unpaired) electrons. The van der Waals surface area contributed by atoms with Crippen molar-refractivity contribution in [3.63, 3.8) is 0 Å². The highest BCUT2D eigenvalue weighted by Crippen LogP contribution is 2.37. The van der Waals surface area contributed by atoms with Crippen LogP contribution in [0.25, 0.3) is 0 Å². The minimum atomic E-state index is -1.23. The number of rotatable bonds is 2. The van der Waals surface area contributed by atoms with E-state index in [4.69, 9.17) is 15.6 Å². The highest BCUT2D eigenvalue weighted by atomic mass is 16.5. The third-order valence-corrected chi connectivity index (χ3v) is 3.04. The van der Waals surface area contributed by atoms with Gasteiger partial charge in [-0.25, -0.2) is 0 Å². The molecule has 1 fully saturated rings. The first kappa shape index (κ1) is 11.9. The summed E-state index contributed by atoms with van der Waals surface area (Å²) in [7, 11) is 0. The molecule has 0 aromatic heterocycles. The van der Waals surface area contributed by atoms with E-state index in [-0.39, 0.29) is 5.41 Å². The number of hydrogen-bond donors (Lipinski definition) is 3. The van der Waals surface area contributed by atoms with Gasteiger partial charge in [-0.3, -0.25) is 0 Å². The SMILES string of the molecule is CC1(C)CCC(C)(C(O)C(N)O)OC1. The predicted molar refractivity (Wildman–Crippen MR) is 53.6 cm³/mol. The lowest BCUT2D eigenvalue weighted by Gasteiger charge is -2.44. The van der Waals surface area contributed by atoms with E-state index in [1.54, 1.807) is 6.92 Å². The van der Waals surface area contributed by atoms with Crippen LogP contribution in [0.3, 0.4) is 0 Å². The molecule has 84 valence electrons. The highest BCUT2D eigenvalue weighted by molar-refractivity contribution is 4.92. The number of hydrogen-bond acceptors (Lipinski definition) is 4. The zero-order valence-electron chi connectivity index (χ0n) is 9.16. The Morgan fingerprint density at radius 2 is 1.79 bits per heavy atom. The Bertz CT molecular complexity index is 194. The molecule has 3 unspecified atom stereocenters. The van der Waals surface area contributed by atoms with Crippen molar-refractivity contribution in [2.24, 2.45) is 11.1 Å². The lowest BCUT2D eigenvalue weighted by atomic mass is 9.78. The van der Waals surface area contributed by atoms with Crippen molar-refractivity contribution in [2.75, 3.05) is 6.61 Å². The van der Waals surface area contributed by atoms with E-state index in [9.17, 15) is 5.11 Å². The second kappa shape index (κ2) is 3.77. The Morgan fingerprint density at radius 1 is 1.21 bits per heavy atom. The molecule has 0 aromatic carbocycles. The Hall–Kier alpha value is -0.160. The fourth-order valence-electron chi connectivity index (χ4n) is 1.69. The molecule has 1 rings (SSSR count). The minimum Gasteiger partial charge on any atom is -0.386 e. The molecule has 0 spiro atoms. The summed E-state index contributed by atoms with van der Waals surface area (Å²) in [5.41, 5.74) is 4.69. The van der Waals surface area contributed by atoms with Gasteiger partial charge in [0.1, 0.15) is 12.3 Å². The fraction of sp³-hybridized carbons (Fsp3) is 1.00. The Balaban J connectivity index is 2.61.